The number of para-hydroxylation sites is 1. The summed E-state index contributed by atoms with van der Waals surface area (Å²) in [7, 11) is 0. The van der Waals surface area contributed by atoms with E-state index in [-0.39, 0.29) is 5.91 Å². The van der Waals surface area contributed by atoms with Crippen LogP contribution in [0, 0.1) is 3.57 Å². The SMILES string of the molecule is O=C(Nc1cccc(I)c1)c1ccccc1OCc1ccccc1. The van der Waals surface area contributed by atoms with Gasteiger partial charge in [0.15, 0.2) is 0 Å². The molecule has 0 atom stereocenters. The Kier molecular flexibility index (Phi) is 5.48. The quantitative estimate of drug-likeness (QED) is 0.572. The molecular formula is C20H16INO2. The molecule has 3 rings (SSSR count). The number of nitrogens with one attached hydrogen (secondary N) is 1. The number of ether oxygens (including phenoxy) is 1. The molecule has 1 N–H and O–H groups in total. The highest BCUT2D eigenvalue weighted by Gasteiger charge is 2.12. The summed E-state index contributed by atoms with van der Waals surface area (Å²) in [6, 6.07) is 24.8. The van der Waals surface area contributed by atoms with Crippen LogP contribution in [0.4, 0.5) is 5.69 Å². The fourth-order valence-electron chi connectivity index (χ4n) is 2.28. The Bertz CT molecular complexity index is 834. The Morgan fingerprint density at radius 2 is 1.67 bits per heavy atom. The minimum atomic E-state index is -0.180. The Balaban J connectivity index is 1.74. The predicted molar refractivity (Wildman–Crippen MR) is 104 cm³/mol. The zero-order valence-electron chi connectivity index (χ0n) is 12.9. The summed E-state index contributed by atoms with van der Waals surface area (Å²) in [5.41, 5.74) is 2.35. The van der Waals surface area contributed by atoms with Gasteiger partial charge < -0.3 is 10.1 Å². The number of rotatable bonds is 5. The van der Waals surface area contributed by atoms with E-state index in [2.05, 4.69) is 27.9 Å². The molecule has 3 nitrogen and oxygen atoms in total. The van der Waals surface area contributed by atoms with E-state index < -0.39 is 0 Å². The maximum absolute atomic E-state index is 12.6. The smallest absolute Gasteiger partial charge is 0.259 e. The van der Waals surface area contributed by atoms with Crippen LogP contribution in [0.5, 0.6) is 5.75 Å². The van der Waals surface area contributed by atoms with Gasteiger partial charge in [0.2, 0.25) is 0 Å². The van der Waals surface area contributed by atoms with Gasteiger partial charge in [-0.25, -0.2) is 0 Å². The van der Waals surface area contributed by atoms with Crippen LogP contribution in [0.3, 0.4) is 0 Å². The summed E-state index contributed by atoms with van der Waals surface area (Å²) in [5.74, 6) is 0.394. The molecule has 0 radical (unpaired) electrons. The van der Waals surface area contributed by atoms with Crippen LogP contribution in [-0.4, -0.2) is 5.91 Å². The maximum atomic E-state index is 12.6. The normalized spacial score (nSPS) is 10.2. The van der Waals surface area contributed by atoms with Crippen LogP contribution in [0.2, 0.25) is 0 Å². The van der Waals surface area contributed by atoms with Gasteiger partial charge in [0.05, 0.1) is 5.56 Å². The number of anilines is 1. The van der Waals surface area contributed by atoms with Crippen LogP contribution in [0.15, 0.2) is 78.9 Å². The van der Waals surface area contributed by atoms with E-state index >= 15 is 0 Å². The number of hydrogen-bond acceptors (Lipinski definition) is 2. The molecule has 0 fully saturated rings. The Hall–Kier alpha value is -2.34. The number of benzene rings is 3. The highest BCUT2D eigenvalue weighted by molar-refractivity contribution is 14.1. The molecule has 0 spiro atoms. The Morgan fingerprint density at radius 3 is 2.46 bits per heavy atom. The number of halogens is 1. The highest BCUT2D eigenvalue weighted by Crippen LogP contribution is 2.21. The summed E-state index contributed by atoms with van der Waals surface area (Å²) in [4.78, 5) is 12.6. The molecule has 120 valence electrons. The van der Waals surface area contributed by atoms with Crippen LogP contribution in [0.25, 0.3) is 0 Å². The molecule has 1 amide bonds. The van der Waals surface area contributed by atoms with Gasteiger partial charge in [0.25, 0.3) is 5.91 Å². The van der Waals surface area contributed by atoms with Gasteiger partial charge in [-0.1, -0.05) is 48.5 Å². The lowest BCUT2D eigenvalue weighted by molar-refractivity contribution is 0.102. The van der Waals surface area contributed by atoms with Gasteiger partial charge >= 0.3 is 0 Å². The molecule has 0 heterocycles. The van der Waals surface area contributed by atoms with Crippen LogP contribution < -0.4 is 10.1 Å². The van der Waals surface area contributed by atoms with E-state index in [0.29, 0.717) is 17.9 Å². The van der Waals surface area contributed by atoms with Crippen LogP contribution in [0.1, 0.15) is 15.9 Å². The van der Waals surface area contributed by atoms with Crippen molar-refractivity contribution in [1.29, 1.82) is 0 Å². The fraction of sp³-hybridized carbons (Fsp3) is 0.0500. The molecule has 0 saturated carbocycles. The molecule has 0 aliphatic rings. The predicted octanol–water partition coefficient (Wildman–Crippen LogP) is 5.12. The Labute approximate surface area is 154 Å². The van der Waals surface area contributed by atoms with Crippen molar-refractivity contribution < 1.29 is 9.53 Å². The highest BCUT2D eigenvalue weighted by atomic mass is 127. The summed E-state index contributed by atoms with van der Waals surface area (Å²) >= 11 is 2.22. The average Bonchev–Trinajstić information content (AvgIpc) is 2.61. The van der Waals surface area contributed by atoms with Crippen molar-refractivity contribution in [2.75, 3.05) is 5.32 Å². The first-order chi connectivity index (χ1) is 11.7. The number of carbonyl (C=O) groups excluding carboxylic acids is 1. The monoisotopic (exact) mass is 429 g/mol. The minimum absolute atomic E-state index is 0.180. The molecule has 0 aliphatic carbocycles. The van der Waals surface area contributed by atoms with Crippen LogP contribution >= 0.6 is 22.6 Å². The largest absolute Gasteiger partial charge is 0.488 e. The van der Waals surface area contributed by atoms with Crippen molar-refractivity contribution in [2.45, 2.75) is 6.61 Å². The lowest BCUT2D eigenvalue weighted by atomic mass is 10.1. The third kappa shape index (κ3) is 4.35. The summed E-state index contributed by atoms with van der Waals surface area (Å²) in [5, 5.41) is 2.91. The van der Waals surface area contributed by atoms with E-state index in [0.717, 1.165) is 14.8 Å². The second kappa shape index (κ2) is 7.97. The standard InChI is InChI=1S/C20H16INO2/c21-16-9-6-10-17(13-16)22-20(23)18-11-4-5-12-19(18)24-14-15-7-2-1-3-8-15/h1-13H,14H2,(H,22,23). The van der Waals surface area contributed by atoms with Crippen molar-refractivity contribution in [3.8, 4) is 5.75 Å². The van der Waals surface area contributed by atoms with Gasteiger partial charge in [0.1, 0.15) is 12.4 Å². The van der Waals surface area contributed by atoms with Gasteiger partial charge in [-0.3, -0.25) is 4.79 Å². The first-order valence-electron chi connectivity index (χ1n) is 7.55. The van der Waals surface area contributed by atoms with Crippen molar-refractivity contribution in [3.05, 3.63) is 93.6 Å². The van der Waals surface area contributed by atoms with Crippen molar-refractivity contribution in [1.82, 2.24) is 0 Å². The van der Waals surface area contributed by atoms with Crippen molar-refractivity contribution in [3.63, 3.8) is 0 Å². The second-order valence-corrected chi connectivity index (χ2v) is 6.48. The molecule has 0 aliphatic heterocycles. The molecule has 0 unspecified atom stereocenters. The first kappa shape index (κ1) is 16.5. The number of carbonyl (C=O) groups is 1. The lowest BCUT2D eigenvalue weighted by Crippen LogP contribution is -2.13. The van der Waals surface area contributed by atoms with E-state index in [9.17, 15) is 4.79 Å². The minimum Gasteiger partial charge on any atom is -0.488 e. The van der Waals surface area contributed by atoms with E-state index in [1.807, 2.05) is 72.8 Å². The molecule has 0 bridgehead atoms. The summed E-state index contributed by atoms with van der Waals surface area (Å²) < 4.78 is 6.91. The third-order valence-corrected chi connectivity index (χ3v) is 4.12. The molecule has 24 heavy (non-hydrogen) atoms. The maximum Gasteiger partial charge on any atom is 0.259 e. The van der Waals surface area contributed by atoms with Gasteiger partial charge in [-0.2, -0.15) is 0 Å². The molecule has 4 heteroatoms. The molecule has 0 aromatic heterocycles. The van der Waals surface area contributed by atoms with Crippen molar-refractivity contribution in [2.24, 2.45) is 0 Å². The van der Waals surface area contributed by atoms with Gasteiger partial charge in [-0.05, 0) is 58.5 Å². The molecule has 3 aromatic carbocycles. The zero-order chi connectivity index (χ0) is 16.8. The average molecular weight is 429 g/mol. The topological polar surface area (TPSA) is 38.3 Å². The number of hydrogen-bond donors (Lipinski definition) is 1. The van der Waals surface area contributed by atoms with Gasteiger partial charge in [-0.15, -0.1) is 0 Å². The third-order valence-electron chi connectivity index (χ3n) is 3.45. The summed E-state index contributed by atoms with van der Waals surface area (Å²) in [6.07, 6.45) is 0. The molecular weight excluding hydrogens is 413 g/mol. The molecule has 0 saturated heterocycles. The van der Waals surface area contributed by atoms with E-state index in [1.165, 1.54) is 0 Å². The lowest BCUT2D eigenvalue weighted by Gasteiger charge is -2.12. The zero-order valence-corrected chi connectivity index (χ0v) is 15.1. The van der Waals surface area contributed by atoms with E-state index in [4.69, 9.17) is 4.74 Å². The first-order valence-corrected chi connectivity index (χ1v) is 8.63. The number of amides is 1. The van der Waals surface area contributed by atoms with E-state index in [1.54, 1.807) is 6.07 Å². The van der Waals surface area contributed by atoms with Crippen LogP contribution in [-0.2, 0) is 6.61 Å². The van der Waals surface area contributed by atoms with Gasteiger partial charge in [0, 0.05) is 9.26 Å². The van der Waals surface area contributed by atoms with Crippen molar-refractivity contribution >= 4 is 34.2 Å². The molecule has 3 aromatic rings. The second-order valence-electron chi connectivity index (χ2n) is 5.23. The fourth-order valence-corrected chi connectivity index (χ4v) is 2.82. The Morgan fingerprint density at radius 1 is 0.917 bits per heavy atom. The summed E-state index contributed by atoms with van der Waals surface area (Å²) in [6.45, 7) is 0.425.